The highest BCUT2D eigenvalue weighted by Crippen LogP contribution is 2.31. The third-order valence-corrected chi connectivity index (χ3v) is 6.31. The molecule has 1 aliphatic heterocycles. The Morgan fingerprint density at radius 2 is 1.84 bits per heavy atom. The first-order chi connectivity index (χ1) is 8.46. The van der Waals surface area contributed by atoms with Gasteiger partial charge in [-0.2, -0.15) is 0 Å². The molecule has 1 fully saturated rings. The van der Waals surface area contributed by atoms with Gasteiger partial charge in [0.2, 0.25) is 10.0 Å². The van der Waals surface area contributed by atoms with E-state index in [2.05, 4.69) is 0 Å². The molecule has 1 heterocycles. The first-order valence-corrected chi connectivity index (χ1v) is 9.52. The molecule has 1 saturated heterocycles. The van der Waals surface area contributed by atoms with Gasteiger partial charge in [0, 0.05) is 19.3 Å². The number of hydrogen-bond donors (Lipinski definition) is 1. The van der Waals surface area contributed by atoms with Crippen LogP contribution in [0.25, 0.3) is 0 Å². The molecule has 9 heteroatoms. The maximum absolute atomic E-state index is 12.0. The number of carboxylic acid groups (broad SMARTS) is 1. The third kappa shape index (κ3) is 4.43. The van der Waals surface area contributed by atoms with Crippen LogP contribution in [-0.2, 0) is 24.7 Å². The van der Waals surface area contributed by atoms with Crippen molar-refractivity contribution in [1.29, 1.82) is 0 Å². The average Bonchev–Trinajstić information content (AvgIpc) is 2.26. The molecule has 1 unspecified atom stereocenters. The molecule has 19 heavy (non-hydrogen) atoms. The fourth-order valence-electron chi connectivity index (χ4n) is 1.99. The van der Waals surface area contributed by atoms with Crippen LogP contribution in [0.3, 0.4) is 0 Å². The van der Waals surface area contributed by atoms with Crippen molar-refractivity contribution in [2.75, 3.05) is 30.9 Å². The zero-order valence-corrected chi connectivity index (χ0v) is 12.6. The molecule has 0 aromatic rings. The fourth-order valence-corrected chi connectivity index (χ4v) is 5.19. The van der Waals surface area contributed by atoms with E-state index in [-0.39, 0.29) is 13.1 Å². The summed E-state index contributed by atoms with van der Waals surface area (Å²) < 4.78 is 47.2. The molecular formula is C10H19NO6S2. The van der Waals surface area contributed by atoms with Gasteiger partial charge in [0.25, 0.3) is 0 Å². The number of sulfone groups is 1. The Bertz CT molecular complexity index is 553. The van der Waals surface area contributed by atoms with E-state index in [9.17, 15) is 21.6 Å². The predicted molar refractivity (Wildman–Crippen MR) is 70.0 cm³/mol. The van der Waals surface area contributed by atoms with Crippen LogP contribution >= 0.6 is 0 Å². The summed E-state index contributed by atoms with van der Waals surface area (Å²) in [7, 11) is -7.09. The summed E-state index contributed by atoms with van der Waals surface area (Å²) in [4.78, 5) is 11.1. The summed E-state index contributed by atoms with van der Waals surface area (Å²) in [6.07, 6.45) is 1.85. The number of carbonyl (C=O) groups is 1. The molecule has 0 spiro atoms. The van der Waals surface area contributed by atoms with Crippen molar-refractivity contribution in [3.8, 4) is 0 Å². The average molecular weight is 313 g/mol. The van der Waals surface area contributed by atoms with Gasteiger partial charge in [-0.3, -0.25) is 4.79 Å². The molecule has 0 aliphatic carbocycles. The van der Waals surface area contributed by atoms with Crippen LogP contribution in [0.5, 0.6) is 0 Å². The lowest BCUT2D eigenvalue weighted by molar-refractivity contribution is -0.150. The van der Waals surface area contributed by atoms with Crippen LogP contribution < -0.4 is 0 Å². The number of rotatable bonds is 5. The lowest BCUT2D eigenvalue weighted by Gasteiger charge is -2.36. The zero-order valence-electron chi connectivity index (χ0n) is 11.0. The molecule has 1 N–H and O–H groups in total. The van der Waals surface area contributed by atoms with E-state index >= 15 is 0 Å². The molecule has 1 atom stereocenters. The Hall–Kier alpha value is -0.670. The maximum Gasteiger partial charge on any atom is 0.310 e. The van der Waals surface area contributed by atoms with Crippen LogP contribution in [0.15, 0.2) is 0 Å². The Kier molecular flexibility index (Phi) is 4.63. The van der Waals surface area contributed by atoms with E-state index in [4.69, 9.17) is 5.11 Å². The smallest absolute Gasteiger partial charge is 0.310 e. The van der Waals surface area contributed by atoms with E-state index < -0.39 is 42.8 Å². The van der Waals surface area contributed by atoms with Gasteiger partial charge in [0.15, 0.2) is 0 Å². The minimum atomic E-state index is -3.73. The van der Waals surface area contributed by atoms with Gasteiger partial charge in [0.05, 0.1) is 16.9 Å². The summed E-state index contributed by atoms with van der Waals surface area (Å²) in [5, 5.41) is 9.12. The Labute approximate surface area is 113 Å². The van der Waals surface area contributed by atoms with Gasteiger partial charge in [-0.1, -0.05) is 0 Å². The Balaban J connectivity index is 2.82. The van der Waals surface area contributed by atoms with Gasteiger partial charge in [-0.25, -0.2) is 21.1 Å². The van der Waals surface area contributed by atoms with Crippen molar-refractivity contribution < 1.29 is 26.7 Å². The lowest BCUT2D eigenvalue weighted by atomic mass is 9.83. The first-order valence-electron chi connectivity index (χ1n) is 5.85. The molecule has 1 rings (SSSR count). The van der Waals surface area contributed by atoms with Gasteiger partial charge >= 0.3 is 5.97 Å². The summed E-state index contributed by atoms with van der Waals surface area (Å²) in [5.74, 6) is -1.98. The minimum Gasteiger partial charge on any atom is -0.481 e. The Morgan fingerprint density at radius 1 is 1.26 bits per heavy atom. The summed E-state index contributed by atoms with van der Waals surface area (Å²) in [6.45, 7) is 1.65. The molecule has 1 aliphatic rings. The molecule has 0 bridgehead atoms. The normalized spacial score (nSPS) is 26.2. The molecular weight excluding hydrogens is 294 g/mol. The zero-order chi connectivity index (χ0) is 14.9. The van der Waals surface area contributed by atoms with Gasteiger partial charge in [-0.05, 0) is 19.8 Å². The minimum absolute atomic E-state index is 0.103. The van der Waals surface area contributed by atoms with Crippen LogP contribution in [0.4, 0.5) is 0 Å². The fraction of sp³-hybridized carbons (Fsp3) is 0.900. The number of nitrogens with zero attached hydrogens (tertiary/aromatic N) is 1. The number of aliphatic carboxylic acids is 1. The quantitative estimate of drug-likeness (QED) is 0.736. The van der Waals surface area contributed by atoms with Crippen LogP contribution in [-0.4, -0.2) is 63.1 Å². The number of piperidine rings is 1. The molecule has 0 radical (unpaired) electrons. The second-order valence-electron chi connectivity index (χ2n) is 5.25. The highest BCUT2D eigenvalue weighted by Gasteiger charge is 2.41. The van der Waals surface area contributed by atoms with Crippen LogP contribution in [0.1, 0.15) is 19.8 Å². The standard InChI is InChI=1S/C10H19NO6S2/c1-10(9(12)13)4-3-5-11(8-10)19(16,17)7-6-18(2,14)15/h3-8H2,1-2H3,(H,12,13). The molecule has 0 aromatic carbocycles. The lowest BCUT2D eigenvalue weighted by Crippen LogP contribution is -2.49. The third-order valence-electron chi connectivity index (χ3n) is 3.28. The van der Waals surface area contributed by atoms with Crippen molar-refractivity contribution in [2.45, 2.75) is 19.8 Å². The molecule has 112 valence electrons. The number of carboxylic acids is 1. The molecule has 0 saturated carbocycles. The highest BCUT2D eigenvalue weighted by atomic mass is 32.2. The monoisotopic (exact) mass is 313 g/mol. The molecule has 0 aromatic heterocycles. The first kappa shape index (κ1) is 16.4. The summed E-state index contributed by atoms with van der Waals surface area (Å²) in [5.41, 5.74) is -1.10. The SMILES string of the molecule is CC1(C(=O)O)CCCN(S(=O)(=O)CCS(C)(=O)=O)C1. The van der Waals surface area contributed by atoms with E-state index in [0.717, 1.165) is 10.6 Å². The highest BCUT2D eigenvalue weighted by molar-refractivity contribution is 7.93. The van der Waals surface area contributed by atoms with E-state index in [0.29, 0.717) is 12.8 Å². The summed E-state index contributed by atoms with van der Waals surface area (Å²) >= 11 is 0. The van der Waals surface area contributed by atoms with Crippen molar-refractivity contribution in [3.63, 3.8) is 0 Å². The van der Waals surface area contributed by atoms with E-state index in [1.165, 1.54) is 6.92 Å². The second-order valence-corrected chi connectivity index (χ2v) is 9.60. The van der Waals surface area contributed by atoms with Gasteiger partial charge in [-0.15, -0.1) is 0 Å². The van der Waals surface area contributed by atoms with Crippen molar-refractivity contribution in [2.24, 2.45) is 5.41 Å². The predicted octanol–water partition coefficient (Wildman–Crippen LogP) is -0.452. The van der Waals surface area contributed by atoms with Crippen LogP contribution in [0, 0.1) is 5.41 Å². The largest absolute Gasteiger partial charge is 0.481 e. The van der Waals surface area contributed by atoms with Crippen molar-refractivity contribution in [3.05, 3.63) is 0 Å². The number of sulfonamides is 1. The van der Waals surface area contributed by atoms with Crippen LogP contribution in [0.2, 0.25) is 0 Å². The topological polar surface area (TPSA) is 109 Å². The van der Waals surface area contributed by atoms with E-state index in [1.807, 2.05) is 0 Å². The van der Waals surface area contributed by atoms with E-state index in [1.54, 1.807) is 0 Å². The second kappa shape index (κ2) is 5.37. The van der Waals surface area contributed by atoms with Gasteiger partial charge < -0.3 is 5.11 Å². The Morgan fingerprint density at radius 3 is 2.32 bits per heavy atom. The number of hydrogen-bond acceptors (Lipinski definition) is 5. The van der Waals surface area contributed by atoms with Crippen molar-refractivity contribution in [1.82, 2.24) is 4.31 Å². The van der Waals surface area contributed by atoms with Crippen molar-refractivity contribution >= 4 is 25.8 Å². The summed E-state index contributed by atoms with van der Waals surface area (Å²) in [6, 6.07) is 0. The molecule has 0 amide bonds. The molecule has 7 nitrogen and oxygen atoms in total. The van der Waals surface area contributed by atoms with Gasteiger partial charge in [0.1, 0.15) is 9.84 Å². The maximum atomic E-state index is 12.0.